The molecular formula is C13H26O2Si. The van der Waals surface area contributed by atoms with Crippen LogP contribution in [-0.4, -0.2) is 15.4 Å². The van der Waals surface area contributed by atoms with Crippen molar-refractivity contribution >= 4 is 8.32 Å². The average Bonchev–Trinajstić information content (AvgIpc) is 2.34. The second kappa shape index (κ2) is 8.45. The summed E-state index contributed by atoms with van der Waals surface area (Å²) < 4.78 is 11.4. The molecule has 3 heteroatoms. The molecule has 0 unspecified atom stereocenters. The van der Waals surface area contributed by atoms with Gasteiger partial charge in [0.2, 0.25) is 0 Å². The van der Waals surface area contributed by atoms with Crippen LogP contribution in [-0.2, 0) is 9.16 Å². The van der Waals surface area contributed by atoms with Gasteiger partial charge in [-0.1, -0.05) is 39.8 Å². The molecule has 0 bridgehead atoms. The van der Waals surface area contributed by atoms with Crippen molar-refractivity contribution in [2.45, 2.75) is 52.2 Å². The van der Waals surface area contributed by atoms with Crippen LogP contribution in [0.4, 0.5) is 0 Å². The van der Waals surface area contributed by atoms with E-state index in [1.54, 1.807) is 7.11 Å². The van der Waals surface area contributed by atoms with Gasteiger partial charge in [0.05, 0.1) is 7.11 Å². The van der Waals surface area contributed by atoms with E-state index in [9.17, 15) is 0 Å². The third kappa shape index (κ3) is 4.88. The molecule has 0 aromatic carbocycles. The van der Waals surface area contributed by atoms with E-state index in [1.165, 1.54) is 0 Å². The fourth-order valence-corrected chi connectivity index (χ4v) is 4.12. The predicted molar refractivity (Wildman–Crippen MR) is 72.8 cm³/mol. The van der Waals surface area contributed by atoms with Gasteiger partial charge in [-0.15, -0.1) is 0 Å². The van der Waals surface area contributed by atoms with Crippen molar-refractivity contribution < 1.29 is 9.16 Å². The van der Waals surface area contributed by atoms with Gasteiger partial charge in [0.1, 0.15) is 0 Å². The molecular weight excluding hydrogens is 216 g/mol. The monoisotopic (exact) mass is 242 g/mol. The van der Waals surface area contributed by atoms with E-state index >= 15 is 0 Å². The number of hydrogen-bond donors (Lipinski definition) is 0. The number of methoxy groups -OCH3 is 1. The Balaban J connectivity index is 4.61. The lowest BCUT2D eigenvalue weighted by molar-refractivity contribution is 0.143. The Morgan fingerprint density at radius 3 is 2.00 bits per heavy atom. The molecule has 0 rings (SSSR count). The maximum atomic E-state index is 6.11. The summed E-state index contributed by atoms with van der Waals surface area (Å²) in [7, 11) is 0.0836. The zero-order chi connectivity index (χ0) is 12.4. The van der Waals surface area contributed by atoms with Gasteiger partial charge in [-0.25, -0.2) is 0 Å². The first-order valence-electron chi connectivity index (χ1n) is 6.27. The first-order chi connectivity index (χ1) is 7.67. The highest BCUT2D eigenvalue weighted by molar-refractivity contribution is 6.73. The van der Waals surface area contributed by atoms with Gasteiger partial charge >= 0.3 is 0 Å². The summed E-state index contributed by atoms with van der Waals surface area (Å²) in [5.41, 5.74) is 0. The maximum absolute atomic E-state index is 6.11. The Bertz CT molecular complexity index is 222. The minimum atomic E-state index is -1.59. The van der Waals surface area contributed by atoms with Crippen LogP contribution in [0.1, 0.15) is 34.1 Å². The number of allylic oxidation sites excluding steroid dienone is 3. The molecule has 2 nitrogen and oxygen atoms in total. The molecule has 0 heterocycles. The van der Waals surface area contributed by atoms with Gasteiger partial charge in [0.15, 0.2) is 0 Å². The van der Waals surface area contributed by atoms with E-state index in [0.717, 1.165) is 24.6 Å². The fraction of sp³-hybridized carbons (Fsp3) is 0.692. The largest absolute Gasteiger partial charge is 0.519 e. The Labute approximate surface area is 101 Å². The van der Waals surface area contributed by atoms with Gasteiger partial charge < -0.3 is 9.16 Å². The lowest BCUT2D eigenvalue weighted by Crippen LogP contribution is -2.35. The topological polar surface area (TPSA) is 18.5 Å². The molecule has 0 aromatic heterocycles. The number of ether oxygens (including phenoxy) is 1. The highest BCUT2D eigenvalue weighted by atomic mass is 28.4. The Morgan fingerprint density at radius 1 is 1.06 bits per heavy atom. The van der Waals surface area contributed by atoms with Gasteiger partial charge in [0.25, 0.3) is 14.3 Å². The smallest absolute Gasteiger partial charge is 0.264 e. The quantitative estimate of drug-likeness (QED) is 0.355. The first kappa shape index (κ1) is 15.3. The minimum Gasteiger partial charge on any atom is -0.519 e. The minimum absolute atomic E-state index is 0.668. The van der Waals surface area contributed by atoms with Crippen molar-refractivity contribution in [3.63, 3.8) is 0 Å². The predicted octanol–water partition coefficient (Wildman–Crippen LogP) is 4.46. The van der Waals surface area contributed by atoms with Crippen LogP contribution in [0.2, 0.25) is 18.1 Å². The van der Waals surface area contributed by atoms with Crippen molar-refractivity contribution in [3.05, 3.63) is 24.2 Å². The second-order valence-corrected chi connectivity index (χ2v) is 8.56. The number of rotatable bonds is 8. The van der Waals surface area contributed by atoms with Crippen LogP contribution >= 0.6 is 0 Å². The van der Waals surface area contributed by atoms with E-state index < -0.39 is 8.32 Å². The summed E-state index contributed by atoms with van der Waals surface area (Å²) in [6.07, 6.45) is 7.05. The van der Waals surface area contributed by atoms with E-state index in [2.05, 4.69) is 33.8 Å². The average molecular weight is 242 g/mol. The molecule has 0 fully saturated rings. The standard InChI is InChI=1S/C13H26O2Si/c1-6-10-11-12-13(14-5)15-16(7-2,8-3)9-4/h10-12H,6-9H2,1-5H3/b11-10+,13-12-. The summed E-state index contributed by atoms with van der Waals surface area (Å²) in [5.74, 6) is 0.668. The maximum Gasteiger partial charge on any atom is 0.264 e. The van der Waals surface area contributed by atoms with Gasteiger partial charge in [0, 0.05) is 6.08 Å². The van der Waals surface area contributed by atoms with E-state index in [0.29, 0.717) is 5.95 Å². The lowest BCUT2D eigenvalue weighted by atomic mass is 10.4. The summed E-state index contributed by atoms with van der Waals surface area (Å²) in [6.45, 7) is 8.76. The molecule has 0 saturated heterocycles. The molecule has 0 N–H and O–H groups in total. The van der Waals surface area contributed by atoms with Gasteiger partial charge in [-0.05, 0) is 24.6 Å². The van der Waals surface area contributed by atoms with Crippen LogP contribution in [0.15, 0.2) is 24.2 Å². The Hall–Kier alpha value is -0.703. The zero-order valence-corrected chi connectivity index (χ0v) is 12.4. The molecule has 94 valence electrons. The third-order valence-electron chi connectivity index (χ3n) is 3.06. The molecule has 0 aliphatic rings. The zero-order valence-electron chi connectivity index (χ0n) is 11.4. The summed E-state index contributed by atoms with van der Waals surface area (Å²) in [5, 5.41) is 0. The highest BCUT2D eigenvalue weighted by Gasteiger charge is 2.31. The summed E-state index contributed by atoms with van der Waals surface area (Å²) >= 11 is 0. The molecule has 0 aromatic rings. The molecule has 0 spiro atoms. The van der Waals surface area contributed by atoms with Gasteiger partial charge in [-0.3, -0.25) is 0 Å². The summed E-state index contributed by atoms with van der Waals surface area (Å²) in [4.78, 5) is 0. The van der Waals surface area contributed by atoms with Crippen LogP contribution in [0, 0.1) is 0 Å². The van der Waals surface area contributed by atoms with Crippen LogP contribution in [0.25, 0.3) is 0 Å². The molecule has 16 heavy (non-hydrogen) atoms. The normalized spacial score (nSPS) is 13.2. The molecule has 0 radical (unpaired) electrons. The summed E-state index contributed by atoms with van der Waals surface area (Å²) in [6, 6.07) is 3.41. The van der Waals surface area contributed by atoms with Crippen molar-refractivity contribution in [1.29, 1.82) is 0 Å². The van der Waals surface area contributed by atoms with Crippen LogP contribution < -0.4 is 0 Å². The van der Waals surface area contributed by atoms with Crippen LogP contribution in [0.3, 0.4) is 0 Å². The molecule has 0 saturated carbocycles. The van der Waals surface area contributed by atoms with Crippen molar-refractivity contribution in [3.8, 4) is 0 Å². The molecule has 0 aliphatic carbocycles. The van der Waals surface area contributed by atoms with Gasteiger partial charge in [-0.2, -0.15) is 0 Å². The highest BCUT2D eigenvalue weighted by Crippen LogP contribution is 2.24. The van der Waals surface area contributed by atoms with Crippen molar-refractivity contribution in [1.82, 2.24) is 0 Å². The SMILES string of the molecule is CC/C=C/C=C(/OC)O[Si](CC)(CC)CC. The Kier molecular flexibility index (Phi) is 8.08. The molecule has 0 atom stereocenters. The van der Waals surface area contributed by atoms with E-state index in [4.69, 9.17) is 9.16 Å². The van der Waals surface area contributed by atoms with Crippen molar-refractivity contribution in [2.24, 2.45) is 0 Å². The van der Waals surface area contributed by atoms with Crippen molar-refractivity contribution in [2.75, 3.05) is 7.11 Å². The van der Waals surface area contributed by atoms with Crippen LogP contribution in [0.5, 0.6) is 0 Å². The first-order valence-corrected chi connectivity index (χ1v) is 8.80. The molecule has 0 amide bonds. The van der Waals surface area contributed by atoms with E-state index in [1.807, 2.05) is 12.2 Å². The fourth-order valence-electron chi connectivity index (χ4n) is 1.61. The van der Waals surface area contributed by atoms with E-state index in [-0.39, 0.29) is 0 Å². The third-order valence-corrected chi connectivity index (χ3v) is 7.56. The Morgan fingerprint density at radius 2 is 1.62 bits per heavy atom. The lowest BCUT2D eigenvalue weighted by Gasteiger charge is -2.29. The second-order valence-electron chi connectivity index (χ2n) is 3.87. The number of hydrogen-bond acceptors (Lipinski definition) is 2. The molecule has 0 aliphatic heterocycles.